The lowest BCUT2D eigenvalue weighted by atomic mass is 9.92. The quantitative estimate of drug-likeness (QED) is 0.861. The summed E-state index contributed by atoms with van der Waals surface area (Å²) in [6.07, 6.45) is 5.39. The summed E-state index contributed by atoms with van der Waals surface area (Å²) < 4.78 is 0. The molecule has 2 rings (SSSR count). The summed E-state index contributed by atoms with van der Waals surface area (Å²) in [6.45, 7) is 5.67. The van der Waals surface area contributed by atoms with Crippen molar-refractivity contribution >= 4 is 0 Å². The Morgan fingerprint density at radius 3 is 2.71 bits per heavy atom. The van der Waals surface area contributed by atoms with Crippen LogP contribution >= 0.6 is 0 Å². The highest BCUT2D eigenvalue weighted by Gasteiger charge is 2.18. The number of rotatable bonds is 4. The number of hydrogen-bond acceptors (Lipinski definition) is 2. The summed E-state index contributed by atoms with van der Waals surface area (Å²) in [5.74, 6) is 1.32. The zero-order valence-corrected chi connectivity index (χ0v) is 10.7. The largest absolute Gasteiger partial charge is 0.508 e. The fraction of sp³-hybridized carbons (Fsp3) is 0.600. The van der Waals surface area contributed by atoms with Crippen LogP contribution in [0.2, 0.25) is 0 Å². The van der Waals surface area contributed by atoms with Crippen LogP contribution < -0.4 is 0 Å². The van der Waals surface area contributed by atoms with E-state index in [0.717, 1.165) is 12.5 Å². The minimum Gasteiger partial charge on any atom is -0.508 e. The SMILES string of the molecule is CCCC1CCN(Cc2cccc(O)c2)CC1. The highest BCUT2D eigenvalue weighted by molar-refractivity contribution is 5.26. The van der Waals surface area contributed by atoms with Gasteiger partial charge in [-0.25, -0.2) is 0 Å². The molecule has 1 aliphatic heterocycles. The fourth-order valence-corrected chi connectivity index (χ4v) is 2.75. The molecule has 1 aromatic rings. The van der Waals surface area contributed by atoms with E-state index in [0.29, 0.717) is 5.75 Å². The van der Waals surface area contributed by atoms with Crippen molar-refractivity contribution in [2.75, 3.05) is 13.1 Å². The van der Waals surface area contributed by atoms with Crippen molar-refractivity contribution in [3.8, 4) is 5.75 Å². The summed E-state index contributed by atoms with van der Waals surface area (Å²) >= 11 is 0. The fourth-order valence-electron chi connectivity index (χ4n) is 2.75. The molecule has 2 nitrogen and oxygen atoms in total. The monoisotopic (exact) mass is 233 g/mol. The first-order valence-corrected chi connectivity index (χ1v) is 6.78. The average Bonchev–Trinajstić information content (AvgIpc) is 2.32. The molecule has 2 heteroatoms. The number of hydrogen-bond donors (Lipinski definition) is 1. The van der Waals surface area contributed by atoms with Crippen LogP contribution in [0.25, 0.3) is 0 Å². The zero-order chi connectivity index (χ0) is 12.1. The second kappa shape index (κ2) is 6.06. The molecular formula is C15H23NO. The molecule has 0 unspecified atom stereocenters. The van der Waals surface area contributed by atoms with Crippen molar-refractivity contribution in [3.63, 3.8) is 0 Å². The van der Waals surface area contributed by atoms with E-state index >= 15 is 0 Å². The van der Waals surface area contributed by atoms with E-state index in [4.69, 9.17) is 0 Å². The molecule has 0 saturated carbocycles. The van der Waals surface area contributed by atoms with Crippen molar-refractivity contribution in [3.05, 3.63) is 29.8 Å². The van der Waals surface area contributed by atoms with Crippen LogP contribution in [0.3, 0.4) is 0 Å². The third-order valence-electron chi connectivity index (χ3n) is 3.72. The number of likely N-dealkylation sites (tertiary alicyclic amines) is 1. The molecule has 94 valence electrons. The van der Waals surface area contributed by atoms with Gasteiger partial charge in [0.2, 0.25) is 0 Å². The third kappa shape index (κ3) is 3.74. The Balaban J connectivity index is 1.82. The van der Waals surface area contributed by atoms with E-state index in [9.17, 15) is 5.11 Å². The highest BCUT2D eigenvalue weighted by Crippen LogP contribution is 2.23. The predicted molar refractivity (Wildman–Crippen MR) is 71.0 cm³/mol. The maximum Gasteiger partial charge on any atom is 0.115 e. The Labute approximate surface area is 104 Å². The molecule has 17 heavy (non-hydrogen) atoms. The summed E-state index contributed by atoms with van der Waals surface area (Å²) in [5.41, 5.74) is 1.22. The van der Waals surface area contributed by atoms with Crippen molar-refractivity contribution in [1.82, 2.24) is 4.90 Å². The first-order chi connectivity index (χ1) is 8.28. The lowest BCUT2D eigenvalue weighted by Crippen LogP contribution is -2.33. The van der Waals surface area contributed by atoms with E-state index in [1.807, 2.05) is 12.1 Å². The second-order valence-electron chi connectivity index (χ2n) is 5.18. The molecule has 0 atom stereocenters. The van der Waals surface area contributed by atoms with Gasteiger partial charge in [0.15, 0.2) is 0 Å². The highest BCUT2D eigenvalue weighted by atomic mass is 16.3. The van der Waals surface area contributed by atoms with Gasteiger partial charge in [0.05, 0.1) is 0 Å². The van der Waals surface area contributed by atoms with Crippen LogP contribution in [0, 0.1) is 5.92 Å². The van der Waals surface area contributed by atoms with Crippen molar-refractivity contribution in [2.45, 2.75) is 39.2 Å². The van der Waals surface area contributed by atoms with Crippen molar-refractivity contribution in [1.29, 1.82) is 0 Å². The van der Waals surface area contributed by atoms with E-state index in [2.05, 4.69) is 17.9 Å². The Bertz CT molecular complexity index is 343. The maximum absolute atomic E-state index is 9.44. The van der Waals surface area contributed by atoms with Gasteiger partial charge in [-0.2, -0.15) is 0 Å². The molecule has 0 aromatic heterocycles. The molecule has 1 saturated heterocycles. The first kappa shape index (κ1) is 12.4. The first-order valence-electron chi connectivity index (χ1n) is 6.78. The lowest BCUT2D eigenvalue weighted by Gasteiger charge is -2.31. The molecule has 1 aliphatic rings. The van der Waals surface area contributed by atoms with Gasteiger partial charge in [-0.1, -0.05) is 31.9 Å². The van der Waals surface area contributed by atoms with Crippen molar-refractivity contribution in [2.24, 2.45) is 5.92 Å². The van der Waals surface area contributed by atoms with Crippen molar-refractivity contribution < 1.29 is 5.11 Å². The number of phenolic OH excluding ortho intramolecular Hbond substituents is 1. The molecule has 1 N–H and O–H groups in total. The molecule has 0 bridgehead atoms. The summed E-state index contributed by atoms with van der Waals surface area (Å²) in [6, 6.07) is 7.63. The van der Waals surface area contributed by atoms with Crippen LogP contribution in [0.15, 0.2) is 24.3 Å². The van der Waals surface area contributed by atoms with Crippen LogP contribution in [-0.2, 0) is 6.54 Å². The predicted octanol–water partition coefficient (Wildman–Crippen LogP) is 3.40. The Morgan fingerprint density at radius 2 is 2.06 bits per heavy atom. The summed E-state index contributed by atoms with van der Waals surface area (Å²) in [4.78, 5) is 2.50. The van der Waals surface area contributed by atoms with E-state index < -0.39 is 0 Å². The summed E-state index contributed by atoms with van der Waals surface area (Å²) in [7, 11) is 0. The molecule has 0 aliphatic carbocycles. The number of piperidine rings is 1. The lowest BCUT2D eigenvalue weighted by molar-refractivity contribution is 0.171. The van der Waals surface area contributed by atoms with Gasteiger partial charge in [-0.05, 0) is 49.5 Å². The molecule has 0 spiro atoms. The van der Waals surface area contributed by atoms with Gasteiger partial charge in [0.25, 0.3) is 0 Å². The van der Waals surface area contributed by atoms with Crippen LogP contribution in [0.5, 0.6) is 5.75 Å². The summed E-state index contributed by atoms with van der Waals surface area (Å²) in [5, 5.41) is 9.44. The zero-order valence-electron chi connectivity index (χ0n) is 10.7. The third-order valence-corrected chi connectivity index (χ3v) is 3.72. The van der Waals surface area contributed by atoms with E-state index in [1.165, 1.54) is 44.3 Å². The number of phenols is 1. The van der Waals surface area contributed by atoms with Gasteiger partial charge in [0, 0.05) is 6.54 Å². The Hall–Kier alpha value is -1.02. The Morgan fingerprint density at radius 1 is 1.29 bits per heavy atom. The maximum atomic E-state index is 9.44. The van der Waals surface area contributed by atoms with Crippen LogP contribution in [0.1, 0.15) is 38.2 Å². The second-order valence-corrected chi connectivity index (χ2v) is 5.18. The molecule has 0 radical (unpaired) electrons. The molecule has 1 aromatic carbocycles. The number of nitrogens with zero attached hydrogens (tertiary/aromatic N) is 1. The molecule has 1 heterocycles. The Kier molecular flexibility index (Phi) is 4.43. The number of aromatic hydroxyl groups is 1. The van der Waals surface area contributed by atoms with Gasteiger partial charge in [-0.15, -0.1) is 0 Å². The normalized spacial score (nSPS) is 18.4. The van der Waals surface area contributed by atoms with Gasteiger partial charge < -0.3 is 5.11 Å². The number of benzene rings is 1. The standard InChI is InChI=1S/C15H23NO/c1-2-4-13-7-9-16(10-8-13)12-14-5-3-6-15(17)11-14/h3,5-6,11,13,17H,2,4,7-10,12H2,1H3. The van der Waals surface area contributed by atoms with Crippen LogP contribution in [0.4, 0.5) is 0 Å². The van der Waals surface area contributed by atoms with Gasteiger partial charge in [-0.3, -0.25) is 4.90 Å². The minimum absolute atomic E-state index is 0.378. The molecule has 1 fully saturated rings. The van der Waals surface area contributed by atoms with E-state index in [-0.39, 0.29) is 0 Å². The molecule has 0 amide bonds. The van der Waals surface area contributed by atoms with E-state index in [1.54, 1.807) is 6.07 Å². The van der Waals surface area contributed by atoms with Gasteiger partial charge in [0.1, 0.15) is 5.75 Å². The van der Waals surface area contributed by atoms with Gasteiger partial charge >= 0.3 is 0 Å². The smallest absolute Gasteiger partial charge is 0.115 e. The molecular weight excluding hydrogens is 210 g/mol. The minimum atomic E-state index is 0.378. The average molecular weight is 233 g/mol. The van der Waals surface area contributed by atoms with Crippen LogP contribution in [-0.4, -0.2) is 23.1 Å². The topological polar surface area (TPSA) is 23.5 Å².